The zero-order chi connectivity index (χ0) is 17.6. The molecule has 7 heteroatoms. The lowest BCUT2D eigenvalue weighted by Crippen LogP contribution is -2.54. The number of methoxy groups -OCH3 is 1. The van der Waals surface area contributed by atoms with E-state index in [1.54, 1.807) is 0 Å². The van der Waals surface area contributed by atoms with Crippen LogP contribution in [0.15, 0.2) is 30.3 Å². The Labute approximate surface area is 140 Å². The van der Waals surface area contributed by atoms with Crippen molar-refractivity contribution in [2.24, 2.45) is 5.92 Å². The van der Waals surface area contributed by atoms with E-state index in [9.17, 15) is 14.4 Å². The maximum atomic E-state index is 12.1. The fourth-order valence-corrected chi connectivity index (χ4v) is 2.73. The number of rotatable bonds is 6. The Morgan fingerprint density at radius 1 is 1.33 bits per heavy atom. The summed E-state index contributed by atoms with van der Waals surface area (Å²) in [4.78, 5) is 35.9. The predicted octanol–water partition coefficient (Wildman–Crippen LogP) is 1.37. The van der Waals surface area contributed by atoms with Crippen LogP contribution >= 0.6 is 0 Å². The minimum Gasteiger partial charge on any atom is -0.467 e. The smallest absolute Gasteiger partial charge is 0.408 e. The summed E-state index contributed by atoms with van der Waals surface area (Å²) in [6.07, 6.45) is 0.0446. The first-order valence-corrected chi connectivity index (χ1v) is 7.79. The summed E-state index contributed by atoms with van der Waals surface area (Å²) in [5.74, 6) is -1.08. The van der Waals surface area contributed by atoms with Crippen LogP contribution in [-0.2, 0) is 25.7 Å². The lowest BCUT2D eigenvalue weighted by molar-refractivity contribution is -0.148. The van der Waals surface area contributed by atoms with Crippen molar-refractivity contribution in [3.63, 3.8) is 0 Å². The highest BCUT2D eigenvalue weighted by molar-refractivity contribution is 5.87. The van der Waals surface area contributed by atoms with E-state index in [0.717, 1.165) is 5.56 Å². The van der Waals surface area contributed by atoms with Gasteiger partial charge in [-0.1, -0.05) is 30.3 Å². The second-order valence-corrected chi connectivity index (χ2v) is 5.99. The van der Waals surface area contributed by atoms with Gasteiger partial charge in [-0.25, -0.2) is 9.59 Å². The second-order valence-electron chi connectivity index (χ2n) is 5.99. The van der Waals surface area contributed by atoms with E-state index < -0.39 is 17.6 Å². The van der Waals surface area contributed by atoms with Crippen molar-refractivity contribution in [1.82, 2.24) is 10.6 Å². The number of hydrogen-bond acceptors (Lipinski definition) is 5. The standard InChI is InChI=1S/C17H22N2O5/c1-17(15(21)23-2,10-13-8-9-18-14(13)20)19-16(22)24-11-12-6-4-3-5-7-12/h3-7,13H,8-11H2,1-2H3,(H,18,20)(H,19,22). The van der Waals surface area contributed by atoms with Crippen LogP contribution in [0.2, 0.25) is 0 Å². The molecule has 0 aliphatic carbocycles. The van der Waals surface area contributed by atoms with Crippen molar-refractivity contribution < 1.29 is 23.9 Å². The van der Waals surface area contributed by atoms with Crippen molar-refractivity contribution in [1.29, 1.82) is 0 Å². The minimum atomic E-state index is -1.32. The number of ether oxygens (including phenoxy) is 2. The molecule has 0 aromatic heterocycles. The van der Waals surface area contributed by atoms with E-state index in [1.807, 2.05) is 30.3 Å². The molecule has 1 aromatic carbocycles. The van der Waals surface area contributed by atoms with Crippen LogP contribution in [0.4, 0.5) is 4.79 Å². The minimum absolute atomic E-state index is 0.0911. The van der Waals surface area contributed by atoms with Crippen LogP contribution in [0.25, 0.3) is 0 Å². The number of amides is 2. The summed E-state index contributed by atoms with van der Waals surface area (Å²) in [6, 6.07) is 9.21. The first-order valence-electron chi connectivity index (χ1n) is 7.79. The van der Waals surface area contributed by atoms with E-state index in [-0.39, 0.29) is 24.9 Å². The quantitative estimate of drug-likeness (QED) is 0.767. The first-order chi connectivity index (χ1) is 11.4. The molecule has 0 spiro atoms. The molecule has 24 heavy (non-hydrogen) atoms. The van der Waals surface area contributed by atoms with Gasteiger partial charge in [-0.3, -0.25) is 4.79 Å². The van der Waals surface area contributed by atoms with Gasteiger partial charge in [0.2, 0.25) is 5.91 Å². The summed E-state index contributed by atoms with van der Waals surface area (Å²) >= 11 is 0. The molecular formula is C17H22N2O5. The second kappa shape index (κ2) is 7.81. The van der Waals surface area contributed by atoms with Gasteiger partial charge in [-0.05, 0) is 25.3 Å². The number of hydrogen-bond donors (Lipinski definition) is 2. The fraction of sp³-hybridized carbons (Fsp3) is 0.471. The Morgan fingerprint density at radius 2 is 2.04 bits per heavy atom. The van der Waals surface area contributed by atoms with Gasteiger partial charge in [-0.2, -0.15) is 0 Å². The summed E-state index contributed by atoms with van der Waals surface area (Å²) in [7, 11) is 1.24. The third-order valence-electron chi connectivity index (χ3n) is 4.04. The third kappa shape index (κ3) is 4.47. The molecule has 2 atom stereocenters. The molecule has 1 fully saturated rings. The normalized spacial score (nSPS) is 19.1. The molecule has 1 heterocycles. The van der Waals surface area contributed by atoms with Gasteiger partial charge in [0, 0.05) is 12.5 Å². The Hall–Kier alpha value is -2.57. The molecular weight excluding hydrogens is 312 g/mol. The molecule has 1 aromatic rings. The van der Waals surface area contributed by atoms with Crippen molar-refractivity contribution in [2.45, 2.75) is 31.9 Å². The van der Waals surface area contributed by atoms with Crippen molar-refractivity contribution in [2.75, 3.05) is 13.7 Å². The third-order valence-corrected chi connectivity index (χ3v) is 4.04. The van der Waals surface area contributed by atoms with Gasteiger partial charge >= 0.3 is 12.1 Å². The van der Waals surface area contributed by atoms with Crippen LogP contribution < -0.4 is 10.6 Å². The van der Waals surface area contributed by atoms with Gasteiger partial charge in [0.1, 0.15) is 12.1 Å². The Bertz CT molecular complexity index is 604. The van der Waals surface area contributed by atoms with E-state index in [1.165, 1.54) is 14.0 Å². The molecule has 1 aliphatic rings. The zero-order valence-electron chi connectivity index (χ0n) is 13.8. The number of carbonyl (C=O) groups is 3. The van der Waals surface area contributed by atoms with Gasteiger partial charge in [0.15, 0.2) is 0 Å². The maximum Gasteiger partial charge on any atom is 0.408 e. The highest BCUT2D eigenvalue weighted by Crippen LogP contribution is 2.24. The summed E-state index contributed by atoms with van der Waals surface area (Å²) in [5.41, 5.74) is -0.489. The lowest BCUT2D eigenvalue weighted by atomic mass is 9.88. The van der Waals surface area contributed by atoms with Gasteiger partial charge in [0.25, 0.3) is 0 Å². The Kier molecular flexibility index (Phi) is 5.78. The van der Waals surface area contributed by atoms with Crippen molar-refractivity contribution >= 4 is 18.0 Å². The van der Waals surface area contributed by atoms with Crippen molar-refractivity contribution in [3.05, 3.63) is 35.9 Å². The first kappa shape index (κ1) is 17.8. The highest BCUT2D eigenvalue weighted by atomic mass is 16.6. The predicted molar refractivity (Wildman–Crippen MR) is 85.9 cm³/mol. The average molecular weight is 334 g/mol. The molecule has 0 bridgehead atoms. The summed E-state index contributed by atoms with van der Waals surface area (Å²) in [5, 5.41) is 5.26. The largest absolute Gasteiger partial charge is 0.467 e. The van der Waals surface area contributed by atoms with Crippen LogP contribution in [0, 0.1) is 5.92 Å². The van der Waals surface area contributed by atoms with E-state index >= 15 is 0 Å². The molecule has 2 unspecified atom stereocenters. The number of carbonyl (C=O) groups excluding carboxylic acids is 3. The number of alkyl carbamates (subject to hydrolysis) is 1. The number of benzene rings is 1. The highest BCUT2D eigenvalue weighted by Gasteiger charge is 2.42. The summed E-state index contributed by atoms with van der Waals surface area (Å²) in [6.45, 7) is 2.20. The monoisotopic (exact) mass is 334 g/mol. The topological polar surface area (TPSA) is 93.7 Å². The van der Waals surface area contributed by atoms with Gasteiger partial charge < -0.3 is 20.1 Å². The number of nitrogens with one attached hydrogen (secondary N) is 2. The van der Waals surface area contributed by atoms with Crippen LogP contribution in [0.3, 0.4) is 0 Å². The van der Waals surface area contributed by atoms with E-state index in [0.29, 0.717) is 13.0 Å². The molecule has 0 radical (unpaired) electrons. The van der Waals surface area contributed by atoms with E-state index in [4.69, 9.17) is 9.47 Å². The van der Waals surface area contributed by atoms with Crippen molar-refractivity contribution in [3.8, 4) is 0 Å². The molecule has 2 N–H and O–H groups in total. The Morgan fingerprint density at radius 3 is 2.62 bits per heavy atom. The molecule has 130 valence electrons. The SMILES string of the molecule is COC(=O)C(C)(CC1CCNC1=O)NC(=O)OCc1ccccc1. The Balaban J connectivity index is 1.98. The number of esters is 1. The van der Waals surface area contributed by atoms with Gasteiger partial charge in [0.05, 0.1) is 7.11 Å². The van der Waals surface area contributed by atoms with Crippen LogP contribution in [0.5, 0.6) is 0 Å². The molecule has 0 saturated carbocycles. The van der Waals surface area contributed by atoms with E-state index in [2.05, 4.69) is 10.6 Å². The van der Waals surface area contributed by atoms with Gasteiger partial charge in [-0.15, -0.1) is 0 Å². The molecule has 2 rings (SSSR count). The average Bonchev–Trinajstić information content (AvgIpc) is 2.97. The molecule has 1 aliphatic heterocycles. The molecule has 2 amide bonds. The summed E-state index contributed by atoms with van der Waals surface area (Å²) < 4.78 is 9.94. The zero-order valence-corrected chi connectivity index (χ0v) is 13.8. The maximum absolute atomic E-state index is 12.1. The van der Waals surface area contributed by atoms with Crippen LogP contribution in [0.1, 0.15) is 25.3 Å². The fourth-order valence-electron chi connectivity index (χ4n) is 2.73. The van der Waals surface area contributed by atoms with Crippen LogP contribution in [-0.4, -0.2) is 37.2 Å². The lowest BCUT2D eigenvalue weighted by Gasteiger charge is -2.29. The molecule has 7 nitrogen and oxygen atoms in total. The molecule has 1 saturated heterocycles.